The smallest absolute Gasteiger partial charge is 0.413 e. The molecule has 0 atom stereocenters. The van der Waals surface area contributed by atoms with Crippen LogP contribution >= 0.6 is 11.6 Å². The second-order valence-electron chi connectivity index (χ2n) is 5.38. The number of hydrogen-bond acceptors (Lipinski definition) is 6. The van der Waals surface area contributed by atoms with Gasteiger partial charge in [0.25, 0.3) is 0 Å². The van der Waals surface area contributed by atoms with Gasteiger partial charge < -0.3 is 20.2 Å². The molecule has 0 aliphatic carbocycles. The van der Waals surface area contributed by atoms with E-state index in [9.17, 15) is 14.9 Å². The molecule has 1 heterocycles. The molecule has 0 spiro atoms. The monoisotopic (exact) mass is 374 g/mol. The normalized spacial score (nSPS) is 10.7. The van der Waals surface area contributed by atoms with Gasteiger partial charge in [-0.1, -0.05) is 35.9 Å². The van der Waals surface area contributed by atoms with Crippen LogP contribution < -0.4 is 15.6 Å². The number of nitrogens with one attached hydrogen (secondary N) is 1. The number of nitro groups is 1. The molecule has 0 bridgehead atoms. The number of nitrogens with zero attached hydrogens (tertiary/aromatic N) is 3. The summed E-state index contributed by atoms with van der Waals surface area (Å²) in [5, 5.41) is 19.4. The molecule has 3 rings (SSSR count). The third-order valence-corrected chi connectivity index (χ3v) is 4.27. The molecule has 1 N–H and O–H groups in total. The first-order valence-electron chi connectivity index (χ1n) is 7.75. The quantitative estimate of drug-likeness (QED) is 0.539. The van der Waals surface area contributed by atoms with Crippen molar-refractivity contribution in [2.45, 2.75) is 13.5 Å². The molecular weight excluding hydrogens is 360 g/mol. The second-order valence-corrected chi connectivity index (χ2v) is 5.75. The van der Waals surface area contributed by atoms with Crippen molar-refractivity contribution < 1.29 is 9.66 Å². The minimum atomic E-state index is -0.675. The van der Waals surface area contributed by atoms with Crippen molar-refractivity contribution in [3.05, 3.63) is 61.9 Å². The van der Waals surface area contributed by atoms with Crippen LogP contribution in [0.15, 0.2) is 41.2 Å². The van der Waals surface area contributed by atoms with Gasteiger partial charge in [-0.2, -0.15) is 0 Å². The number of aryl methyl sites for hydroxylation is 1. The van der Waals surface area contributed by atoms with E-state index in [0.29, 0.717) is 11.4 Å². The maximum Gasteiger partial charge on any atom is 0.413 e. The zero-order valence-corrected chi connectivity index (χ0v) is 14.8. The number of hydrogen-bond donors (Lipinski definition) is 1. The summed E-state index contributed by atoms with van der Waals surface area (Å²) in [5.74, 6) is 0.141. The lowest BCUT2D eigenvalue weighted by molar-refractivity contribution is -0.389. The Bertz CT molecular complexity index is 1060. The molecule has 0 amide bonds. The van der Waals surface area contributed by atoms with Gasteiger partial charge >= 0.3 is 11.4 Å². The van der Waals surface area contributed by atoms with E-state index in [4.69, 9.17) is 16.3 Å². The van der Waals surface area contributed by atoms with Crippen LogP contribution in [0, 0.1) is 10.1 Å². The maximum atomic E-state index is 12.2. The average Bonchev–Trinajstić information content (AvgIpc) is 2.65. The summed E-state index contributed by atoms with van der Waals surface area (Å²) in [6, 6.07) is 10.8. The van der Waals surface area contributed by atoms with E-state index in [-0.39, 0.29) is 17.3 Å². The zero-order chi connectivity index (χ0) is 18.8. The lowest BCUT2D eigenvalue weighted by Crippen LogP contribution is -2.24. The molecule has 26 heavy (non-hydrogen) atoms. The van der Waals surface area contributed by atoms with E-state index in [1.54, 1.807) is 26.2 Å². The summed E-state index contributed by atoms with van der Waals surface area (Å²) in [6.07, 6.45) is 0. The highest BCUT2D eigenvalue weighted by Crippen LogP contribution is 2.36. The number of aromatic nitrogens is 2. The van der Waals surface area contributed by atoms with Crippen LogP contribution in [-0.4, -0.2) is 21.8 Å². The first-order valence-corrected chi connectivity index (χ1v) is 8.13. The van der Waals surface area contributed by atoms with Crippen LogP contribution in [0.5, 0.6) is 5.75 Å². The Morgan fingerprint density at radius 2 is 1.96 bits per heavy atom. The lowest BCUT2D eigenvalue weighted by atomic mass is 10.1. The summed E-state index contributed by atoms with van der Waals surface area (Å²) in [4.78, 5) is 23.0. The predicted molar refractivity (Wildman–Crippen MR) is 99.6 cm³/mol. The summed E-state index contributed by atoms with van der Waals surface area (Å²) < 4.78 is 6.30. The number of rotatable bonds is 5. The minimum absolute atomic E-state index is 0.137. The van der Waals surface area contributed by atoms with Crippen LogP contribution in [0.3, 0.4) is 0 Å². The Morgan fingerprint density at radius 1 is 1.27 bits per heavy atom. The van der Waals surface area contributed by atoms with Gasteiger partial charge in [0.15, 0.2) is 5.69 Å². The molecule has 0 saturated heterocycles. The van der Waals surface area contributed by atoms with Gasteiger partial charge in [-0.25, -0.2) is 0 Å². The fourth-order valence-corrected chi connectivity index (χ4v) is 2.90. The van der Waals surface area contributed by atoms with Crippen molar-refractivity contribution in [1.29, 1.82) is 0 Å². The molecule has 3 aromatic rings. The molecule has 9 heteroatoms. The molecule has 0 unspecified atom stereocenters. The van der Waals surface area contributed by atoms with Crippen LogP contribution in [0.4, 0.5) is 17.2 Å². The maximum absolute atomic E-state index is 12.2. The molecule has 0 radical (unpaired) electrons. The van der Waals surface area contributed by atoms with E-state index in [0.717, 1.165) is 15.5 Å². The molecule has 0 aliphatic heterocycles. The van der Waals surface area contributed by atoms with Crippen molar-refractivity contribution >= 4 is 39.6 Å². The topological polar surface area (TPSA) is 99.3 Å². The Hall–Kier alpha value is -3.13. The fraction of sp³-hybridized carbons (Fsp3) is 0.176. The van der Waals surface area contributed by atoms with E-state index in [1.807, 2.05) is 24.3 Å². The molecule has 1 aromatic heterocycles. The first-order chi connectivity index (χ1) is 12.5. The summed E-state index contributed by atoms with van der Waals surface area (Å²) >= 11 is 6.12. The average molecular weight is 375 g/mol. The van der Waals surface area contributed by atoms with Gasteiger partial charge in [0.1, 0.15) is 10.8 Å². The van der Waals surface area contributed by atoms with E-state index in [1.165, 1.54) is 0 Å². The standard InChI is InChI=1S/C17H15ClN4O4/c1-3-21-17(23)14(18)15(16(20-21)22(24)25)19-12-8-9-13(26-2)11-7-5-4-6-10(11)12/h4-9,19H,3H2,1-2H3. The summed E-state index contributed by atoms with van der Waals surface area (Å²) in [6.45, 7) is 1.82. The van der Waals surface area contributed by atoms with Gasteiger partial charge in [0, 0.05) is 16.5 Å². The lowest BCUT2D eigenvalue weighted by Gasteiger charge is -2.13. The van der Waals surface area contributed by atoms with Crippen LogP contribution in [0.25, 0.3) is 10.8 Å². The van der Waals surface area contributed by atoms with Crippen LogP contribution in [0.2, 0.25) is 5.02 Å². The van der Waals surface area contributed by atoms with Crippen molar-refractivity contribution in [2.75, 3.05) is 12.4 Å². The molecule has 0 aliphatic rings. The van der Waals surface area contributed by atoms with Crippen LogP contribution in [0.1, 0.15) is 6.92 Å². The van der Waals surface area contributed by atoms with Crippen molar-refractivity contribution in [3.8, 4) is 5.75 Å². The van der Waals surface area contributed by atoms with Gasteiger partial charge in [-0.05, 0) is 24.0 Å². The number of fused-ring (bicyclic) bond motifs is 1. The number of ether oxygens (including phenoxy) is 1. The zero-order valence-electron chi connectivity index (χ0n) is 14.0. The molecule has 0 fully saturated rings. The van der Waals surface area contributed by atoms with Crippen LogP contribution in [-0.2, 0) is 6.54 Å². The SMILES string of the molecule is CCn1nc([N+](=O)[O-])c(Nc2ccc(OC)c3ccccc23)c(Cl)c1=O. The Labute approximate surface area is 153 Å². The predicted octanol–water partition coefficient (Wildman–Crippen LogP) is 3.73. The Morgan fingerprint density at radius 3 is 2.58 bits per heavy atom. The molecule has 8 nitrogen and oxygen atoms in total. The van der Waals surface area contributed by atoms with Crippen molar-refractivity contribution in [1.82, 2.24) is 9.78 Å². The number of anilines is 2. The molecule has 2 aromatic carbocycles. The summed E-state index contributed by atoms with van der Waals surface area (Å²) in [5.41, 5.74) is -0.191. The Balaban J connectivity index is 2.22. The number of benzene rings is 2. The fourth-order valence-electron chi connectivity index (χ4n) is 2.67. The van der Waals surface area contributed by atoms with Gasteiger partial charge in [-0.3, -0.25) is 4.79 Å². The highest BCUT2D eigenvalue weighted by atomic mass is 35.5. The molecule has 0 saturated carbocycles. The number of halogens is 1. The Kier molecular flexibility index (Phi) is 4.77. The summed E-state index contributed by atoms with van der Waals surface area (Å²) in [7, 11) is 1.56. The largest absolute Gasteiger partial charge is 0.496 e. The number of methoxy groups -OCH3 is 1. The van der Waals surface area contributed by atoms with E-state index in [2.05, 4.69) is 10.4 Å². The second kappa shape index (κ2) is 7.01. The van der Waals surface area contributed by atoms with Crippen molar-refractivity contribution in [3.63, 3.8) is 0 Å². The van der Waals surface area contributed by atoms with Gasteiger partial charge in [0.05, 0.1) is 18.8 Å². The minimum Gasteiger partial charge on any atom is -0.496 e. The van der Waals surface area contributed by atoms with Gasteiger partial charge in [0.2, 0.25) is 0 Å². The third-order valence-electron chi connectivity index (χ3n) is 3.92. The van der Waals surface area contributed by atoms with Crippen molar-refractivity contribution in [2.24, 2.45) is 0 Å². The van der Waals surface area contributed by atoms with Gasteiger partial charge in [-0.15, -0.1) is 4.68 Å². The highest BCUT2D eigenvalue weighted by molar-refractivity contribution is 6.33. The molecule has 134 valence electrons. The van der Waals surface area contributed by atoms with E-state index >= 15 is 0 Å². The third kappa shape index (κ3) is 2.95. The van der Waals surface area contributed by atoms with E-state index < -0.39 is 16.3 Å². The first kappa shape index (κ1) is 17.7. The molecular formula is C17H15ClN4O4. The highest BCUT2D eigenvalue weighted by Gasteiger charge is 2.25.